The molecule has 1 N–H and O–H groups in total. The Morgan fingerprint density at radius 1 is 0.971 bits per heavy atom. The lowest BCUT2D eigenvalue weighted by Crippen LogP contribution is -2.55. The fourth-order valence-corrected chi connectivity index (χ4v) is 5.95. The second-order valence-electron chi connectivity index (χ2n) is 11.4. The fourth-order valence-electron chi connectivity index (χ4n) is 5.95. The molecule has 0 spiro atoms. The lowest BCUT2D eigenvalue weighted by atomic mass is 9.74. The van der Waals surface area contributed by atoms with E-state index in [1.165, 1.54) is 12.5 Å². The first-order valence-corrected chi connectivity index (χ1v) is 13.1. The Labute approximate surface area is 209 Å². The van der Waals surface area contributed by atoms with Crippen molar-refractivity contribution < 1.29 is 14.0 Å². The van der Waals surface area contributed by atoms with Crippen LogP contribution in [-0.2, 0) is 10.2 Å². The van der Waals surface area contributed by atoms with Crippen LogP contribution in [0.4, 0.5) is 10.1 Å². The number of likely N-dealkylation sites (tertiary alicyclic amines) is 1. The van der Waals surface area contributed by atoms with E-state index in [9.17, 15) is 14.0 Å². The van der Waals surface area contributed by atoms with Gasteiger partial charge in [-0.15, -0.1) is 0 Å². The Morgan fingerprint density at radius 3 is 2.37 bits per heavy atom. The predicted octanol–water partition coefficient (Wildman–Crippen LogP) is 6.87. The van der Waals surface area contributed by atoms with Crippen LogP contribution >= 0.6 is 0 Å². The molecule has 1 heterocycles. The Balaban J connectivity index is 1.64. The van der Waals surface area contributed by atoms with Crippen LogP contribution in [0.15, 0.2) is 42.5 Å². The van der Waals surface area contributed by atoms with E-state index in [0.29, 0.717) is 12.1 Å². The number of nitrogens with one attached hydrogen (secondary N) is 1. The van der Waals surface area contributed by atoms with Gasteiger partial charge < -0.3 is 10.2 Å². The van der Waals surface area contributed by atoms with Gasteiger partial charge in [-0.1, -0.05) is 64.3 Å². The minimum Gasteiger partial charge on any atom is -0.334 e. The van der Waals surface area contributed by atoms with E-state index in [-0.39, 0.29) is 40.7 Å². The zero-order valence-electron chi connectivity index (χ0n) is 21.6. The summed E-state index contributed by atoms with van der Waals surface area (Å²) in [6.07, 6.45) is 6.92. The monoisotopic (exact) mass is 478 g/mol. The number of rotatable bonds is 4. The second kappa shape index (κ2) is 10.5. The molecule has 2 amide bonds. The number of carbonyl (C=O) groups excluding carboxylic acids is 2. The summed E-state index contributed by atoms with van der Waals surface area (Å²) in [4.78, 5) is 29.3. The van der Waals surface area contributed by atoms with Crippen LogP contribution in [0.3, 0.4) is 0 Å². The van der Waals surface area contributed by atoms with Crippen LogP contribution in [0, 0.1) is 24.6 Å². The molecule has 2 aromatic rings. The summed E-state index contributed by atoms with van der Waals surface area (Å²) in [6.45, 7) is 8.81. The molecule has 0 aromatic heterocycles. The molecule has 1 saturated heterocycles. The largest absolute Gasteiger partial charge is 0.334 e. The number of aryl methyl sites for hydroxylation is 1. The number of halogens is 1. The van der Waals surface area contributed by atoms with E-state index in [2.05, 4.69) is 32.2 Å². The van der Waals surface area contributed by atoms with Gasteiger partial charge in [0.25, 0.3) is 5.91 Å². The zero-order chi connectivity index (χ0) is 25.2. The van der Waals surface area contributed by atoms with Gasteiger partial charge in [-0.3, -0.25) is 9.59 Å². The van der Waals surface area contributed by atoms with Crippen LogP contribution in [0.25, 0.3) is 0 Å². The average Bonchev–Trinajstić information content (AvgIpc) is 2.83. The molecule has 1 aliphatic heterocycles. The van der Waals surface area contributed by atoms with E-state index in [1.807, 2.05) is 23.1 Å². The van der Waals surface area contributed by atoms with Gasteiger partial charge in [0.1, 0.15) is 5.82 Å². The highest BCUT2D eigenvalue weighted by Gasteiger charge is 2.43. The Hall–Kier alpha value is -2.69. The van der Waals surface area contributed by atoms with Crippen molar-refractivity contribution in [2.75, 3.05) is 11.9 Å². The molecule has 1 unspecified atom stereocenters. The smallest absolute Gasteiger partial charge is 0.257 e. The molecular formula is C30H39FN2O2. The third-order valence-corrected chi connectivity index (χ3v) is 7.85. The van der Waals surface area contributed by atoms with Gasteiger partial charge in [0, 0.05) is 18.3 Å². The summed E-state index contributed by atoms with van der Waals surface area (Å²) in [5, 5.41) is 3.16. The molecule has 2 aromatic carbocycles. The molecule has 35 heavy (non-hydrogen) atoms. The van der Waals surface area contributed by atoms with Crippen molar-refractivity contribution in [2.24, 2.45) is 11.8 Å². The van der Waals surface area contributed by atoms with Crippen molar-refractivity contribution in [1.82, 2.24) is 4.90 Å². The number of benzene rings is 2. The molecule has 2 fully saturated rings. The molecule has 188 valence electrons. The summed E-state index contributed by atoms with van der Waals surface area (Å²) in [5.74, 6) is -0.835. The van der Waals surface area contributed by atoms with E-state index >= 15 is 0 Å². The topological polar surface area (TPSA) is 49.4 Å². The van der Waals surface area contributed by atoms with Crippen LogP contribution < -0.4 is 5.32 Å². The molecule has 4 nitrogen and oxygen atoms in total. The highest BCUT2D eigenvalue weighted by Crippen LogP contribution is 2.38. The first kappa shape index (κ1) is 25.4. The zero-order valence-corrected chi connectivity index (χ0v) is 21.6. The third-order valence-electron chi connectivity index (χ3n) is 7.85. The van der Waals surface area contributed by atoms with Gasteiger partial charge in [-0.2, -0.15) is 0 Å². The molecule has 1 saturated carbocycles. The maximum atomic E-state index is 14.8. The molecule has 0 radical (unpaired) electrons. The minimum absolute atomic E-state index is 0.0168. The highest BCUT2D eigenvalue weighted by atomic mass is 19.1. The number of amides is 2. The van der Waals surface area contributed by atoms with Crippen LogP contribution in [-0.4, -0.2) is 29.3 Å². The Kier molecular flexibility index (Phi) is 7.63. The molecule has 1 aliphatic carbocycles. The maximum Gasteiger partial charge on any atom is 0.257 e. The van der Waals surface area contributed by atoms with Crippen LogP contribution in [0.2, 0.25) is 0 Å². The average molecular weight is 479 g/mol. The van der Waals surface area contributed by atoms with Crippen molar-refractivity contribution in [3.05, 3.63) is 65.0 Å². The van der Waals surface area contributed by atoms with Gasteiger partial charge in [-0.05, 0) is 73.3 Å². The van der Waals surface area contributed by atoms with Crippen molar-refractivity contribution >= 4 is 17.5 Å². The number of hydrogen-bond donors (Lipinski definition) is 1. The van der Waals surface area contributed by atoms with E-state index in [0.717, 1.165) is 49.8 Å². The number of nitrogens with zero attached hydrogens (tertiary/aromatic N) is 1. The van der Waals surface area contributed by atoms with Crippen molar-refractivity contribution in [3.8, 4) is 0 Å². The second-order valence-corrected chi connectivity index (χ2v) is 11.4. The Morgan fingerprint density at radius 2 is 1.69 bits per heavy atom. The number of hydrogen-bond acceptors (Lipinski definition) is 2. The number of piperidine rings is 1. The Bertz CT molecular complexity index is 1050. The molecule has 2 atom stereocenters. The van der Waals surface area contributed by atoms with E-state index in [4.69, 9.17) is 0 Å². The van der Waals surface area contributed by atoms with Gasteiger partial charge in [0.15, 0.2) is 0 Å². The third kappa shape index (κ3) is 5.60. The summed E-state index contributed by atoms with van der Waals surface area (Å²) < 4.78 is 14.8. The maximum absolute atomic E-state index is 14.8. The lowest BCUT2D eigenvalue weighted by Gasteiger charge is -2.46. The van der Waals surface area contributed by atoms with Gasteiger partial charge in [0.05, 0.1) is 11.5 Å². The summed E-state index contributed by atoms with van der Waals surface area (Å²) >= 11 is 0. The van der Waals surface area contributed by atoms with Gasteiger partial charge in [-0.25, -0.2) is 4.39 Å². The van der Waals surface area contributed by atoms with Crippen molar-refractivity contribution in [1.29, 1.82) is 0 Å². The van der Waals surface area contributed by atoms with E-state index in [1.54, 1.807) is 19.1 Å². The number of anilines is 1. The summed E-state index contributed by atoms with van der Waals surface area (Å²) in [7, 11) is 0. The van der Waals surface area contributed by atoms with E-state index < -0.39 is 5.82 Å². The quantitative estimate of drug-likeness (QED) is 0.521. The van der Waals surface area contributed by atoms with Crippen LogP contribution in [0.1, 0.15) is 87.2 Å². The normalized spacial score (nSPS) is 21.6. The molecular weight excluding hydrogens is 439 g/mol. The summed E-state index contributed by atoms with van der Waals surface area (Å²) in [6, 6.07) is 12.6. The van der Waals surface area contributed by atoms with Crippen molar-refractivity contribution in [3.63, 3.8) is 0 Å². The fraction of sp³-hybridized carbons (Fsp3) is 0.533. The molecule has 5 heteroatoms. The SMILES string of the molecule is Cc1cccc(F)c1C(=O)N1CCC[C@H](C(=O)Nc2cccc(C(C)(C)C)c2)C1C1CCCCC1. The highest BCUT2D eigenvalue weighted by molar-refractivity contribution is 5.98. The first-order chi connectivity index (χ1) is 16.7. The predicted molar refractivity (Wildman–Crippen MR) is 139 cm³/mol. The lowest BCUT2D eigenvalue weighted by molar-refractivity contribution is -0.124. The van der Waals surface area contributed by atoms with Crippen molar-refractivity contribution in [2.45, 2.75) is 84.1 Å². The minimum atomic E-state index is -0.483. The van der Waals surface area contributed by atoms with Crippen LogP contribution in [0.5, 0.6) is 0 Å². The number of carbonyl (C=O) groups is 2. The molecule has 4 rings (SSSR count). The van der Waals surface area contributed by atoms with Gasteiger partial charge in [0.2, 0.25) is 5.91 Å². The first-order valence-electron chi connectivity index (χ1n) is 13.1. The molecule has 2 aliphatic rings. The standard InChI is InChI=1S/C30H39FN2O2/c1-20-11-8-17-25(31)26(20)29(35)33-18-10-16-24(27(33)21-12-6-5-7-13-21)28(34)32-23-15-9-14-22(19-23)30(2,3)4/h8-9,11,14-15,17,19,21,24,27H,5-7,10,12-13,16,18H2,1-4H3,(H,32,34)/t24-,27?/m0/s1. The summed E-state index contributed by atoms with van der Waals surface area (Å²) in [5.41, 5.74) is 2.72. The molecule has 0 bridgehead atoms. The van der Waals surface area contributed by atoms with Gasteiger partial charge >= 0.3 is 0 Å².